The van der Waals surface area contributed by atoms with Crippen molar-refractivity contribution < 1.29 is 19.4 Å². The first-order valence-electron chi connectivity index (χ1n) is 6.97. The third kappa shape index (κ3) is 3.57. The lowest BCUT2D eigenvalue weighted by Gasteiger charge is -2.10. The van der Waals surface area contributed by atoms with Crippen molar-refractivity contribution in [2.24, 2.45) is 0 Å². The molecular formula is C17H14ClNO4. The van der Waals surface area contributed by atoms with E-state index in [0.29, 0.717) is 22.4 Å². The highest BCUT2D eigenvalue weighted by atomic mass is 35.5. The SMILES string of the molecule is C[C@@H](Oc1ccc(Oc2cc3ccc(Cl)cc3[nH]2)cc1)C(=O)O. The maximum atomic E-state index is 10.8. The lowest BCUT2D eigenvalue weighted by atomic mass is 10.2. The van der Waals surface area contributed by atoms with Crippen LogP contribution in [0.15, 0.2) is 48.5 Å². The number of nitrogens with one attached hydrogen (secondary N) is 1. The summed E-state index contributed by atoms with van der Waals surface area (Å²) in [6, 6.07) is 14.2. The van der Waals surface area contributed by atoms with E-state index in [1.807, 2.05) is 24.3 Å². The topological polar surface area (TPSA) is 71.5 Å². The highest BCUT2D eigenvalue weighted by molar-refractivity contribution is 6.31. The van der Waals surface area contributed by atoms with Gasteiger partial charge >= 0.3 is 5.97 Å². The molecule has 0 amide bonds. The first kappa shape index (κ1) is 15.2. The van der Waals surface area contributed by atoms with Crippen LogP contribution in [0.5, 0.6) is 17.4 Å². The summed E-state index contributed by atoms with van der Waals surface area (Å²) < 4.78 is 11.0. The van der Waals surface area contributed by atoms with E-state index in [1.54, 1.807) is 24.3 Å². The number of fused-ring (bicyclic) bond motifs is 1. The number of aromatic amines is 1. The molecule has 0 aliphatic heterocycles. The van der Waals surface area contributed by atoms with E-state index >= 15 is 0 Å². The Morgan fingerprint density at radius 2 is 1.83 bits per heavy atom. The van der Waals surface area contributed by atoms with Crippen LogP contribution in [0.3, 0.4) is 0 Å². The molecule has 3 rings (SSSR count). The van der Waals surface area contributed by atoms with Gasteiger partial charge in [0.2, 0.25) is 0 Å². The van der Waals surface area contributed by atoms with Gasteiger partial charge in [0.15, 0.2) is 12.0 Å². The second kappa shape index (κ2) is 6.22. The molecule has 23 heavy (non-hydrogen) atoms. The van der Waals surface area contributed by atoms with Gasteiger partial charge in [-0.25, -0.2) is 4.79 Å². The van der Waals surface area contributed by atoms with Crippen molar-refractivity contribution in [3.05, 3.63) is 53.6 Å². The number of carboxylic acid groups (broad SMARTS) is 1. The Labute approximate surface area is 137 Å². The molecule has 0 saturated heterocycles. The van der Waals surface area contributed by atoms with Crippen molar-refractivity contribution in [1.82, 2.24) is 4.98 Å². The molecule has 1 aromatic heterocycles. The highest BCUT2D eigenvalue weighted by Crippen LogP contribution is 2.28. The van der Waals surface area contributed by atoms with Crippen LogP contribution in [0.25, 0.3) is 10.9 Å². The molecular weight excluding hydrogens is 318 g/mol. The molecule has 118 valence electrons. The van der Waals surface area contributed by atoms with Crippen LogP contribution in [0.1, 0.15) is 6.92 Å². The highest BCUT2D eigenvalue weighted by Gasteiger charge is 2.12. The average molecular weight is 332 g/mol. The normalized spacial score (nSPS) is 12.1. The third-order valence-corrected chi connectivity index (χ3v) is 3.51. The smallest absolute Gasteiger partial charge is 0.344 e. The van der Waals surface area contributed by atoms with E-state index in [0.717, 1.165) is 10.9 Å². The molecule has 6 heteroatoms. The van der Waals surface area contributed by atoms with Gasteiger partial charge in [0.1, 0.15) is 11.5 Å². The summed E-state index contributed by atoms with van der Waals surface area (Å²) in [4.78, 5) is 13.9. The van der Waals surface area contributed by atoms with Gasteiger partial charge < -0.3 is 19.6 Å². The number of rotatable bonds is 5. The molecule has 0 spiro atoms. The van der Waals surface area contributed by atoms with Crippen LogP contribution in [0.2, 0.25) is 5.02 Å². The first-order chi connectivity index (χ1) is 11.0. The molecule has 5 nitrogen and oxygen atoms in total. The summed E-state index contributed by atoms with van der Waals surface area (Å²) in [5, 5.41) is 10.5. The van der Waals surface area contributed by atoms with Gasteiger partial charge in [0.25, 0.3) is 0 Å². The molecule has 0 fully saturated rings. The van der Waals surface area contributed by atoms with E-state index in [-0.39, 0.29) is 0 Å². The summed E-state index contributed by atoms with van der Waals surface area (Å²) in [7, 11) is 0. The summed E-state index contributed by atoms with van der Waals surface area (Å²) in [5.74, 6) is 0.658. The van der Waals surface area contributed by atoms with Crippen molar-refractivity contribution in [3.63, 3.8) is 0 Å². The van der Waals surface area contributed by atoms with Crippen molar-refractivity contribution in [1.29, 1.82) is 0 Å². The van der Waals surface area contributed by atoms with Gasteiger partial charge in [-0.3, -0.25) is 0 Å². The molecule has 3 aromatic rings. The van der Waals surface area contributed by atoms with E-state index in [4.69, 9.17) is 26.2 Å². The number of carbonyl (C=O) groups is 1. The minimum Gasteiger partial charge on any atom is -0.479 e. The Hall–Kier alpha value is -2.66. The molecule has 1 atom stereocenters. The van der Waals surface area contributed by atoms with Crippen LogP contribution in [0.4, 0.5) is 0 Å². The van der Waals surface area contributed by atoms with E-state index in [1.165, 1.54) is 6.92 Å². The molecule has 0 saturated carbocycles. The van der Waals surface area contributed by atoms with Crippen LogP contribution in [-0.4, -0.2) is 22.2 Å². The number of hydrogen-bond acceptors (Lipinski definition) is 3. The standard InChI is InChI=1S/C17H14ClNO4/c1-10(17(20)21)22-13-4-6-14(7-5-13)23-16-8-11-2-3-12(18)9-15(11)19-16/h2-10,19H,1H3,(H,20,21)/t10-/m1/s1. The van der Waals surface area contributed by atoms with Gasteiger partial charge in [0, 0.05) is 22.0 Å². The van der Waals surface area contributed by atoms with Crippen molar-refractivity contribution in [2.75, 3.05) is 0 Å². The number of carboxylic acids is 1. The Kier molecular flexibility index (Phi) is 4.12. The Morgan fingerprint density at radius 3 is 2.52 bits per heavy atom. The molecule has 1 heterocycles. The molecule has 0 radical (unpaired) electrons. The van der Waals surface area contributed by atoms with Crippen LogP contribution >= 0.6 is 11.6 Å². The first-order valence-corrected chi connectivity index (χ1v) is 7.35. The number of hydrogen-bond donors (Lipinski definition) is 2. The van der Waals surface area contributed by atoms with Crippen LogP contribution < -0.4 is 9.47 Å². The Morgan fingerprint density at radius 1 is 1.13 bits per heavy atom. The fraction of sp³-hybridized carbons (Fsp3) is 0.118. The summed E-state index contributed by atoms with van der Waals surface area (Å²) in [6.07, 6.45) is -0.903. The fourth-order valence-electron chi connectivity index (χ4n) is 2.10. The van der Waals surface area contributed by atoms with Crippen LogP contribution in [-0.2, 0) is 4.79 Å². The van der Waals surface area contributed by atoms with Gasteiger partial charge in [-0.2, -0.15) is 0 Å². The third-order valence-electron chi connectivity index (χ3n) is 3.27. The molecule has 2 N–H and O–H groups in total. The lowest BCUT2D eigenvalue weighted by molar-refractivity contribution is -0.144. The fourth-order valence-corrected chi connectivity index (χ4v) is 2.27. The maximum absolute atomic E-state index is 10.8. The number of ether oxygens (including phenoxy) is 2. The predicted molar refractivity (Wildman–Crippen MR) is 87.6 cm³/mol. The number of benzene rings is 2. The van der Waals surface area contributed by atoms with Crippen molar-refractivity contribution in [3.8, 4) is 17.4 Å². The largest absolute Gasteiger partial charge is 0.479 e. The van der Waals surface area contributed by atoms with E-state index in [2.05, 4.69) is 4.98 Å². The minimum absolute atomic E-state index is 0.468. The van der Waals surface area contributed by atoms with Gasteiger partial charge in [-0.05, 0) is 43.3 Å². The van der Waals surface area contributed by atoms with Gasteiger partial charge in [-0.1, -0.05) is 17.7 Å². The molecule has 0 aliphatic carbocycles. The second-order valence-corrected chi connectivity index (χ2v) is 5.47. The van der Waals surface area contributed by atoms with Crippen molar-refractivity contribution in [2.45, 2.75) is 13.0 Å². The zero-order valence-corrected chi connectivity index (χ0v) is 13.0. The number of halogens is 1. The molecule has 0 unspecified atom stereocenters. The van der Waals surface area contributed by atoms with Crippen LogP contribution in [0, 0.1) is 0 Å². The molecule has 2 aromatic carbocycles. The van der Waals surface area contributed by atoms with E-state index in [9.17, 15) is 4.79 Å². The summed E-state index contributed by atoms with van der Waals surface area (Å²) in [6.45, 7) is 1.47. The van der Waals surface area contributed by atoms with Gasteiger partial charge in [-0.15, -0.1) is 0 Å². The number of aromatic nitrogens is 1. The summed E-state index contributed by atoms with van der Waals surface area (Å²) in [5.41, 5.74) is 0.891. The quantitative estimate of drug-likeness (QED) is 0.723. The maximum Gasteiger partial charge on any atom is 0.344 e. The van der Waals surface area contributed by atoms with E-state index < -0.39 is 12.1 Å². The molecule has 0 bridgehead atoms. The number of aliphatic carboxylic acids is 1. The predicted octanol–water partition coefficient (Wildman–Crippen LogP) is 4.47. The zero-order chi connectivity index (χ0) is 16.4. The lowest BCUT2D eigenvalue weighted by Crippen LogP contribution is -2.22. The van der Waals surface area contributed by atoms with Crippen molar-refractivity contribution >= 4 is 28.5 Å². The Bertz CT molecular complexity index is 841. The Balaban J connectivity index is 1.73. The molecule has 0 aliphatic rings. The summed E-state index contributed by atoms with van der Waals surface area (Å²) >= 11 is 5.95. The second-order valence-electron chi connectivity index (χ2n) is 5.04. The minimum atomic E-state index is -1.01. The zero-order valence-electron chi connectivity index (χ0n) is 12.2. The number of H-pyrrole nitrogens is 1. The average Bonchev–Trinajstić information content (AvgIpc) is 2.90. The van der Waals surface area contributed by atoms with Gasteiger partial charge in [0.05, 0.1) is 0 Å². The monoisotopic (exact) mass is 331 g/mol.